The number of hydrogen-bond acceptors (Lipinski definition) is 8. The number of amides is 1. The minimum absolute atomic E-state index is 0.0330. The third kappa shape index (κ3) is 6.07. The highest BCUT2D eigenvalue weighted by Crippen LogP contribution is 2.27. The molecule has 1 unspecified atom stereocenters. The van der Waals surface area contributed by atoms with Gasteiger partial charge in [-0.3, -0.25) is 9.78 Å². The quantitative estimate of drug-likeness (QED) is 0.325. The van der Waals surface area contributed by atoms with Crippen molar-refractivity contribution in [1.29, 1.82) is 0 Å². The predicted molar refractivity (Wildman–Crippen MR) is 142 cm³/mol. The van der Waals surface area contributed by atoms with Gasteiger partial charge in [-0.2, -0.15) is 0 Å². The number of halogens is 1. The Morgan fingerprint density at radius 2 is 1.95 bits per heavy atom. The van der Waals surface area contributed by atoms with Crippen LogP contribution in [0.2, 0.25) is 5.15 Å². The molecular weight excluding hydrogens is 504 g/mol. The van der Waals surface area contributed by atoms with E-state index < -0.39 is 6.10 Å². The summed E-state index contributed by atoms with van der Waals surface area (Å²) in [6.45, 7) is 2.13. The summed E-state index contributed by atoms with van der Waals surface area (Å²) in [6, 6.07) is 13.3. The van der Waals surface area contributed by atoms with Crippen LogP contribution in [0.1, 0.15) is 51.9 Å². The van der Waals surface area contributed by atoms with Gasteiger partial charge in [0.2, 0.25) is 11.8 Å². The SMILES string of the molecule is Cc1nnc(-c2cncc(CN(C)C(=O)c3ccc(C[C@@H]4CC[C@H](C(O)c5ccc(Cl)nc5)N4)cc3)c2)o1. The van der Waals surface area contributed by atoms with Gasteiger partial charge in [0.15, 0.2) is 0 Å². The molecule has 0 radical (unpaired) electrons. The Kier molecular flexibility index (Phi) is 7.78. The van der Waals surface area contributed by atoms with Crippen LogP contribution in [0.3, 0.4) is 0 Å². The molecular formula is C28H29ClN6O3. The standard InChI is InChI=1S/C28H29ClN6O3/c1-17-33-34-27(38-17)22-11-19(13-30-14-22)16-35(2)28(37)20-5-3-18(4-6-20)12-23-8-9-24(32-23)26(36)21-7-10-25(29)31-15-21/h3-7,10-11,13-15,23-24,26,32,36H,8-9,12,16H2,1-2H3/t23-,24+,26?/m0/s1. The fraction of sp³-hybridized carbons (Fsp3) is 0.321. The Balaban J connectivity index is 1.15. The van der Waals surface area contributed by atoms with Crippen LogP contribution in [0, 0.1) is 6.92 Å². The average molecular weight is 533 g/mol. The fourth-order valence-corrected chi connectivity index (χ4v) is 4.90. The Hall–Kier alpha value is -3.66. The van der Waals surface area contributed by atoms with Crippen LogP contribution in [0.4, 0.5) is 0 Å². The van der Waals surface area contributed by atoms with Crippen molar-refractivity contribution in [3.05, 3.63) is 94.4 Å². The maximum atomic E-state index is 13.0. The number of nitrogens with zero attached hydrogens (tertiary/aromatic N) is 5. The molecule has 10 heteroatoms. The summed E-state index contributed by atoms with van der Waals surface area (Å²) in [5.74, 6) is 0.813. The normalized spacial score (nSPS) is 17.9. The molecule has 4 heterocycles. The number of carbonyl (C=O) groups is 1. The third-order valence-electron chi connectivity index (χ3n) is 6.77. The number of aliphatic hydroxyl groups excluding tert-OH is 1. The first kappa shape index (κ1) is 26.0. The summed E-state index contributed by atoms with van der Waals surface area (Å²) >= 11 is 5.86. The second kappa shape index (κ2) is 11.4. The van der Waals surface area contributed by atoms with Gasteiger partial charge in [-0.15, -0.1) is 10.2 Å². The Labute approximate surface area is 225 Å². The van der Waals surface area contributed by atoms with Gasteiger partial charge in [-0.25, -0.2) is 4.98 Å². The van der Waals surface area contributed by atoms with E-state index in [9.17, 15) is 9.90 Å². The van der Waals surface area contributed by atoms with Crippen LogP contribution in [0.5, 0.6) is 0 Å². The van der Waals surface area contributed by atoms with E-state index in [1.165, 1.54) is 0 Å². The summed E-state index contributed by atoms with van der Waals surface area (Å²) in [7, 11) is 1.77. The first-order valence-electron chi connectivity index (χ1n) is 12.5. The fourth-order valence-electron chi connectivity index (χ4n) is 4.79. The molecule has 3 atom stereocenters. The van der Waals surface area contributed by atoms with Crippen molar-refractivity contribution in [3.63, 3.8) is 0 Å². The lowest BCUT2D eigenvalue weighted by Gasteiger charge is -2.20. The molecule has 9 nitrogen and oxygen atoms in total. The number of aryl methyl sites for hydroxylation is 1. The molecule has 1 aromatic carbocycles. The lowest BCUT2D eigenvalue weighted by molar-refractivity contribution is 0.0785. The Morgan fingerprint density at radius 3 is 2.66 bits per heavy atom. The van der Waals surface area contributed by atoms with Crippen molar-refractivity contribution in [1.82, 2.24) is 30.4 Å². The number of nitrogens with one attached hydrogen (secondary N) is 1. The van der Waals surface area contributed by atoms with E-state index in [1.54, 1.807) is 43.5 Å². The van der Waals surface area contributed by atoms with E-state index >= 15 is 0 Å². The highest BCUT2D eigenvalue weighted by Gasteiger charge is 2.30. The number of benzene rings is 1. The summed E-state index contributed by atoms with van der Waals surface area (Å²) in [5, 5.41) is 22.6. The number of hydrogen-bond donors (Lipinski definition) is 2. The van der Waals surface area contributed by atoms with Crippen LogP contribution in [-0.2, 0) is 13.0 Å². The maximum Gasteiger partial charge on any atom is 0.253 e. The van der Waals surface area contributed by atoms with Gasteiger partial charge < -0.3 is 19.7 Å². The van der Waals surface area contributed by atoms with Gasteiger partial charge >= 0.3 is 0 Å². The number of aromatic nitrogens is 4. The average Bonchev–Trinajstić information content (AvgIpc) is 3.58. The molecule has 1 aliphatic rings. The molecule has 1 fully saturated rings. The second-order valence-electron chi connectivity index (χ2n) is 9.68. The van der Waals surface area contributed by atoms with Gasteiger partial charge in [-0.1, -0.05) is 29.8 Å². The first-order chi connectivity index (χ1) is 18.4. The Morgan fingerprint density at radius 1 is 1.13 bits per heavy atom. The maximum absolute atomic E-state index is 13.0. The smallest absolute Gasteiger partial charge is 0.253 e. The van der Waals surface area contributed by atoms with Crippen LogP contribution >= 0.6 is 11.6 Å². The predicted octanol–water partition coefficient (Wildman–Crippen LogP) is 4.16. The molecule has 0 spiro atoms. The van der Waals surface area contributed by atoms with E-state index in [4.69, 9.17) is 16.0 Å². The molecule has 38 heavy (non-hydrogen) atoms. The topological polar surface area (TPSA) is 117 Å². The zero-order valence-corrected chi connectivity index (χ0v) is 22.0. The van der Waals surface area contributed by atoms with Crippen molar-refractivity contribution in [3.8, 4) is 11.5 Å². The highest BCUT2D eigenvalue weighted by atomic mass is 35.5. The molecule has 5 rings (SSSR count). The molecule has 1 saturated heterocycles. The third-order valence-corrected chi connectivity index (χ3v) is 6.99. The van der Waals surface area contributed by atoms with Crippen molar-refractivity contribution in [2.45, 2.75) is 50.9 Å². The molecule has 2 N–H and O–H groups in total. The summed E-state index contributed by atoms with van der Waals surface area (Å²) in [5.41, 5.74) is 4.09. The van der Waals surface area contributed by atoms with E-state index in [-0.39, 0.29) is 18.0 Å². The number of carbonyl (C=O) groups excluding carboxylic acids is 1. The van der Waals surface area contributed by atoms with Crippen molar-refractivity contribution >= 4 is 17.5 Å². The Bertz CT molecular complexity index is 1390. The molecule has 0 saturated carbocycles. The van der Waals surface area contributed by atoms with Crippen molar-refractivity contribution in [2.24, 2.45) is 0 Å². The summed E-state index contributed by atoms with van der Waals surface area (Å²) < 4.78 is 5.48. The molecule has 3 aromatic heterocycles. The van der Waals surface area contributed by atoms with Gasteiger partial charge in [0.1, 0.15) is 5.15 Å². The molecule has 196 valence electrons. The van der Waals surface area contributed by atoms with E-state index in [2.05, 4.69) is 25.5 Å². The van der Waals surface area contributed by atoms with Gasteiger partial charge in [0.05, 0.1) is 11.7 Å². The lowest BCUT2D eigenvalue weighted by Crippen LogP contribution is -2.35. The molecule has 1 amide bonds. The lowest BCUT2D eigenvalue weighted by atomic mass is 10.0. The second-order valence-corrected chi connectivity index (χ2v) is 10.1. The monoisotopic (exact) mass is 532 g/mol. The van der Waals surface area contributed by atoms with Gasteiger partial charge in [0, 0.05) is 62.3 Å². The summed E-state index contributed by atoms with van der Waals surface area (Å²) in [4.78, 5) is 23.0. The van der Waals surface area contributed by atoms with Crippen molar-refractivity contribution < 1.29 is 14.3 Å². The number of aliphatic hydroxyl groups is 1. The zero-order valence-electron chi connectivity index (χ0n) is 21.2. The van der Waals surface area contributed by atoms with Gasteiger partial charge in [0.25, 0.3) is 5.91 Å². The van der Waals surface area contributed by atoms with Gasteiger partial charge in [-0.05, 0) is 54.7 Å². The minimum atomic E-state index is -0.632. The van der Waals surface area contributed by atoms with Crippen LogP contribution < -0.4 is 5.32 Å². The molecule has 1 aliphatic heterocycles. The molecule has 0 aliphatic carbocycles. The largest absolute Gasteiger partial charge is 0.421 e. The number of pyridine rings is 2. The van der Waals surface area contributed by atoms with E-state index in [1.807, 2.05) is 36.4 Å². The molecule has 0 bridgehead atoms. The van der Waals surface area contributed by atoms with E-state index in [0.717, 1.165) is 36.0 Å². The minimum Gasteiger partial charge on any atom is -0.421 e. The van der Waals surface area contributed by atoms with Crippen LogP contribution in [0.25, 0.3) is 11.5 Å². The van der Waals surface area contributed by atoms with Crippen molar-refractivity contribution in [2.75, 3.05) is 7.05 Å². The summed E-state index contributed by atoms with van der Waals surface area (Å²) in [6.07, 6.45) is 7.03. The van der Waals surface area contributed by atoms with Crippen LogP contribution in [0.15, 0.2) is 65.5 Å². The number of rotatable bonds is 8. The molecule has 4 aromatic rings. The van der Waals surface area contributed by atoms with E-state index in [0.29, 0.717) is 34.6 Å². The first-order valence-corrected chi connectivity index (χ1v) is 12.9. The highest BCUT2D eigenvalue weighted by molar-refractivity contribution is 6.29. The zero-order chi connectivity index (χ0) is 26.6. The van der Waals surface area contributed by atoms with Crippen LogP contribution in [-0.4, -0.2) is 55.2 Å².